The molecule has 0 aromatic carbocycles. The second-order valence-electron chi connectivity index (χ2n) is 2.59. The summed E-state index contributed by atoms with van der Waals surface area (Å²) in [7, 11) is 3.93. The van der Waals surface area contributed by atoms with E-state index in [-0.39, 0.29) is 5.91 Å². The van der Waals surface area contributed by atoms with Gasteiger partial charge in [0.25, 0.3) is 0 Å². The fourth-order valence-electron chi connectivity index (χ4n) is 0.593. The van der Waals surface area contributed by atoms with Crippen LogP contribution in [0.5, 0.6) is 0 Å². The molecule has 0 fully saturated rings. The Morgan fingerprint density at radius 2 is 2.18 bits per heavy atom. The van der Waals surface area contributed by atoms with Gasteiger partial charge in [-0.2, -0.15) is 0 Å². The van der Waals surface area contributed by atoms with Gasteiger partial charge in [0.15, 0.2) is 0 Å². The summed E-state index contributed by atoms with van der Waals surface area (Å²) in [4.78, 5) is 12.8. The Hall–Kier alpha value is -0.280. The van der Waals surface area contributed by atoms with Crippen molar-refractivity contribution in [2.24, 2.45) is 0 Å². The molecule has 3 nitrogen and oxygen atoms in total. The summed E-state index contributed by atoms with van der Waals surface area (Å²) in [6.07, 6.45) is 0.412. The van der Waals surface area contributed by atoms with Crippen LogP contribution >= 0.6 is 11.6 Å². The molecule has 0 atom stereocenters. The third-order valence-corrected chi connectivity index (χ3v) is 1.39. The molecule has 0 aliphatic carbocycles. The first-order valence-electron chi connectivity index (χ1n) is 3.64. The number of likely N-dealkylation sites (N-methyl/N-ethyl adjacent to an activating group) is 1. The van der Waals surface area contributed by atoms with Crippen LogP contribution in [0.4, 0.5) is 0 Å². The van der Waals surface area contributed by atoms with E-state index in [1.54, 1.807) is 0 Å². The van der Waals surface area contributed by atoms with Gasteiger partial charge in [-0.15, -0.1) is 11.6 Å². The number of carbonyl (C=O) groups excluding carboxylic acids is 1. The summed E-state index contributed by atoms with van der Waals surface area (Å²) in [5, 5.41) is 2.75. The zero-order valence-electron chi connectivity index (χ0n) is 7.06. The summed E-state index contributed by atoms with van der Waals surface area (Å²) in [6, 6.07) is 0. The van der Waals surface area contributed by atoms with Gasteiger partial charge in [0.1, 0.15) is 0 Å². The minimum absolute atomic E-state index is 0.0295. The largest absolute Gasteiger partial charge is 0.355 e. The Bertz CT molecular complexity index is 117. The Morgan fingerprint density at radius 1 is 1.55 bits per heavy atom. The van der Waals surface area contributed by atoms with Crippen LogP contribution in [-0.4, -0.2) is 43.9 Å². The molecule has 0 spiro atoms. The van der Waals surface area contributed by atoms with Gasteiger partial charge in [-0.05, 0) is 14.1 Å². The molecule has 1 amide bonds. The van der Waals surface area contributed by atoms with E-state index in [4.69, 9.17) is 11.6 Å². The Morgan fingerprint density at radius 3 is 2.64 bits per heavy atom. The summed E-state index contributed by atoms with van der Waals surface area (Å²) >= 11 is 5.37. The van der Waals surface area contributed by atoms with E-state index in [0.717, 1.165) is 6.54 Å². The first-order valence-corrected chi connectivity index (χ1v) is 4.17. The normalized spacial score (nSPS) is 10.2. The molecule has 0 aliphatic rings. The SMILES string of the molecule is CN(C)CCNC(=O)CCCl. The summed E-state index contributed by atoms with van der Waals surface area (Å²) < 4.78 is 0. The van der Waals surface area contributed by atoms with Gasteiger partial charge in [-0.25, -0.2) is 0 Å². The molecule has 0 heterocycles. The number of carbonyl (C=O) groups is 1. The number of nitrogens with one attached hydrogen (secondary N) is 1. The van der Waals surface area contributed by atoms with Crippen LogP contribution in [0.1, 0.15) is 6.42 Å². The molecule has 66 valence electrons. The standard InChI is InChI=1S/C7H15ClN2O/c1-10(2)6-5-9-7(11)3-4-8/h3-6H2,1-2H3,(H,9,11). The van der Waals surface area contributed by atoms with Gasteiger partial charge in [0, 0.05) is 25.4 Å². The van der Waals surface area contributed by atoms with Gasteiger partial charge in [0.05, 0.1) is 0 Å². The van der Waals surface area contributed by atoms with Crippen LogP contribution in [0.3, 0.4) is 0 Å². The number of amides is 1. The van der Waals surface area contributed by atoms with Crippen molar-refractivity contribution in [3.8, 4) is 0 Å². The maximum absolute atomic E-state index is 10.8. The van der Waals surface area contributed by atoms with E-state index >= 15 is 0 Å². The third kappa shape index (κ3) is 7.62. The van der Waals surface area contributed by atoms with Crippen LogP contribution in [0.15, 0.2) is 0 Å². The van der Waals surface area contributed by atoms with Gasteiger partial charge < -0.3 is 10.2 Å². The second kappa shape index (κ2) is 6.43. The molecule has 11 heavy (non-hydrogen) atoms. The highest BCUT2D eigenvalue weighted by atomic mass is 35.5. The maximum atomic E-state index is 10.8. The summed E-state index contributed by atoms with van der Waals surface area (Å²) in [5.74, 6) is 0.426. The topological polar surface area (TPSA) is 32.3 Å². The fourth-order valence-corrected chi connectivity index (χ4v) is 0.765. The quantitative estimate of drug-likeness (QED) is 0.614. The van der Waals surface area contributed by atoms with Gasteiger partial charge >= 0.3 is 0 Å². The Kier molecular flexibility index (Phi) is 6.27. The molecule has 0 aliphatic heterocycles. The van der Waals surface area contributed by atoms with E-state index in [9.17, 15) is 4.79 Å². The number of halogens is 1. The highest BCUT2D eigenvalue weighted by molar-refractivity contribution is 6.18. The molecular formula is C7H15ClN2O. The maximum Gasteiger partial charge on any atom is 0.221 e. The predicted octanol–water partition coefficient (Wildman–Crippen LogP) is 0.293. The van der Waals surface area contributed by atoms with Crippen LogP contribution in [0.2, 0.25) is 0 Å². The van der Waals surface area contributed by atoms with Crippen LogP contribution in [0, 0.1) is 0 Å². The minimum atomic E-state index is 0.0295. The number of nitrogens with zero attached hydrogens (tertiary/aromatic N) is 1. The first kappa shape index (κ1) is 10.7. The van der Waals surface area contributed by atoms with Crippen molar-refractivity contribution in [3.63, 3.8) is 0 Å². The third-order valence-electron chi connectivity index (χ3n) is 1.20. The molecule has 4 heteroatoms. The van der Waals surface area contributed by atoms with E-state index in [1.807, 2.05) is 19.0 Å². The molecular weight excluding hydrogens is 164 g/mol. The smallest absolute Gasteiger partial charge is 0.221 e. The number of rotatable bonds is 5. The van der Waals surface area contributed by atoms with Crippen LogP contribution in [0.25, 0.3) is 0 Å². The molecule has 0 bridgehead atoms. The monoisotopic (exact) mass is 178 g/mol. The zero-order chi connectivity index (χ0) is 8.69. The summed E-state index contributed by atoms with van der Waals surface area (Å²) in [5.41, 5.74) is 0. The zero-order valence-corrected chi connectivity index (χ0v) is 7.82. The molecule has 0 saturated carbocycles. The second-order valence-corrected chi connectivity index (χ2v) is 2.97. The van der Waals surface area contributed by atoms with Gasteiger partial charge in [-0.3, -0.25) is 4.79 Å². The van der Waals surface area contributed by atoms with Crippen molar-refractivity contribution in [1.29, 1.82) is 0 Å². The molecule has 1 N–H and O–H groups in total. The Balaban J connectivity index is 3.17. The van der Waals surface area contributed by atoms with Crippen molar-refractivity contribution >= 4 is 17.5 Å². The highest BCUT2D eigenvalue weighted by Crippen LogP contribution is 1.83. The molecule has 0 aromatic heterocycles. The first-order chi connectivity index (χ1) is 5.16. The lowest BCUT2D eigenvalue weighted by atomic mass is 10.4. The molecule has 0 unspecified atom stereocenters. The molecule has 0 rings (SSSR count). The number of hydrogen-bond acceptors (Lipinski definition) is 2. The van der Waals surface area contributed by atoms with Crippen molar-refractivity contribution < 1.29 is 4.79 Å². The highest BCUT2D eigenvalue weighted by Gasteiger charge is 1.97. The predicted molar refractivity (Wildman–Crippen MR) is 46.9 cm³/mol. The van der Waals surface area contributed by atoms with Crippen molar-refractivity contribution in [2.45, 2.75) is 6.42 Å². The van der Waals surface area contributed by atoms with Gasteiger partial charge in [-0.1, -0.05) is 0 Å². The molecule has 0 saturated heterocycles. The number of alkyl halides is 1. The average molecular weight is 179 g/mol. The Labute approximate surface area is 72.7 Å². The molecule has 0 aromatic rings. The van der Waals surface area contributed by atoms with Crippen LogP contribution < -0.4 is 5.32 Å². The van der Waals surface area contributed by atoms with Crippen molar-refractivity contribution in [1.82, 2.24) is 10.2 Å². The van der Waals surface area contributed by atoms with Gasteiger partial charge in [0.2, 0.25) is 5.91 Å². The van der Waals surface area contributed by atoms with Crippen LogP contribution in [-0.2, 0) is 4.79 Å². The summed E-state index contributed by atoms with van der Waals surface area (Å²) in [6.45, 7) is 1.57. The lowest BCUT2D eigenvalue weighted by molar-refractivity contribution is -0.120. The van der Waals surface area contributed by atoms with Crippen molar-refractivity contribution in [3.05, 3.63) is 0 Å². The average Bonchev–Trinajstić information content (AvgIpc) is 1.87. The minimum Gasteiger partial charge on any atom is -0.355 e. The lowest BCUT2D eigenvalue weighted by Crippen LogP contribution is -2.31. The lowest BCUT2D eigenvalue weighted by Gasteiger charge is -2.09. The molecule has 0 radical (unpaired) electrons. The number of hydrogen-bond donors (Lipinski definition) is 1. The van der Waals surface area contributed by atoms with E-state index in [1.165, 1.54) is 0 Å². The van der Waals surface area contributed by atoms with E-state index < -0.39 is 0 Å². The van der Waals surface area contributed by atoms with E-state index in [0.29, 0.717) is 18.8 Å². The fraction of sp³-hybridized carbons (Fsp3) is 0.857. The van der Waals surface area contributed by atoms with E-state index in [2.05, 4.69) is 5.32 Å². The van der Waals surface area contributed by atoms with Crippen molar-refractivity contribution in [2.75, 3.05) is 33.1 Å².